The highest BCUT2D eigenvalue weighted by Crippen LogP contribution is 2.27. The average Bonchev–Trinajstić information content (AvgIpc) is 3.09. The highest BCUT2D eigenvalue weighted by Gasteiger charge is 2.09. The van der Waals surface area contributed by atoms with Crippen LogP contribution in [0.1, 0.15) is 18.1 Å². The Hall–Kier alpha value is -2.88. The van der Waals surface area contributed by atoms with Crippen molar-refractivity contribution < 1.29 is 9.15 Å². The van der Waals surface area contributed by atoms with Crippen LogP contribution in [0.5, 0.6) is 5.75 Å². The Bertz CT molecular complexity index is 750. The van der Waals surface area contributed by atoms with Gasteiger partial charge in [-0.2, -0.15) is 0 Å². The minimum absolute atomic E-state index is 0.496. The minimum Gasteiger partial charge on any atom is -0.494 e. The van der Waals surface area contributed by atoms with Crippen LogP contribution in [0.3, 0.4) is 0 Å². The Morgan fingerprint density at radius 1 is 1.09 bits per heavy atom. The molecule has 0 fully saturated rings. The van der Waals surface area contributed by atoms with Crippen molar-refractivity contribution in [1.29, 1.82) is 0 Å². The topological polar surface area (TPSA) is 48.2 Å². The van der Waals surface area contributed by atoms with E-state index in [0.717, 1.165) is 22.4 Å². The van der Waals surface area contributed by atoms with Gasteiger partial charge >= 0.3 is 0 Å². The maximum absolute atomic E-state index is 5.57. The molecule has 0 aliphatic rings. The van der Waals surface area contributed by atoms with Crippen LogP contribution in [0, 0.1) is 0 Å². The molecule has 3 rings (SSSR count). The van der Waals surface area contributed by atoms with Gasteiger partial charge < -0.3 is 9.15 Å². The summed E-state index contributed by atoms with van der Waals surface area (Å²) >= 11 is 0. The predicted molar refractivity (Wildman–Crippen MR) is 86.3 cm³/mol. The fourth-order valence-corrected chi connectivity index (χ4v) is 2.17. The Morgan fingerprint density at radius 2 is 1.95 bits per heavy atom. The van der Waals surface area contributed by atoms with Crippen LogP contribution in [0.25, 0.3) is 23.6 Å². The Kier molecular flexibility index (Phi) is 4.30. The highest BCUT2D eigenvalue weighted by atomic mass is 16.5. The Balaban J connectivity index is 1.99. The third-order valence-corrected chi connectivity index (χ3v) is 3.18. The number of nitrogens with zero attached hydrogens (tertiary/aromatic N) is 2. The first-order valence-electron chi connectivity index (χ1n) is 7.13. The molecule has 0 saturated carbocycles. The second-order valence-corrected chi connectivity index (χ2v) is 4.67. The molecule has 3 aromatic rings. The van der Waals surface area contributed by atoms with Crippen LogP contribution in [0.15, 0.2) is 59.3 Å². The lowest BCUT2D eigenvalue weighted by atomic mass is 10.1. The molecule has 1 heterocycles. The van der Waals surface area contributed by atoms with Crippen LogP contribution in [0.4, 0.5) is 0 Å². The van der Waals surface area contributed by atoms with Gasteiger partial charge in [0.15, 0.2) is 0 Å². The van der Waals surface area contributed by atoms with Crippen molar-refractivity contribution in [2.45, 2.75) is 6.92 Å². The van der Waals surface area contributed by atoms with E-state index in [1.165, 1.54) is 6.39 Å². The zero-order valence-corrected chi connectivity index (χ0v) is 12.3. The number of hydrogen-bond acceptors (Lipinski definition) is 4. The molecule has 0 radical (unpaired) electrons. The van der Waals surface area contributed by atoms with E-state index in [0.29, 0.717) is 12.5 Å². The molecule has 0 aliphatic heterocycles. The second-order valence-electron chi connectivity index (χ2n) is 4.67. The quantitative estimate of drug-likeness (QED) is 0.658. The molecular weight excluding hydrogens is 276 g/mol. The van der Waals surface area contributed by atoms with Crippen molar-refractivity contribution >= 4 is 12.2 Å². The fourth-order valence-electron chi connectivity index (χ4n) is 2.17. The molecule has 4 nitrogen and oxygen atoms in total. The van der Waals surface area contributed by atoms with E-state index >= 15 is 0 Å². The third kappa shape index (κ3) is 3.23. The first-order valence-corrected chi connectivity index (χ1v) is 7.13. The standard InChI is InChI=1S/C18H16N2O2/c1-2-21-16-10-11-17(18-20-19-13-22-18)15(12-16)9-8-14-6-4-3-5-7-14/h3-13H,2H2,1H3. The van der Waals surface area contributed by atoms with Gasteiger partial charge in [-0.25, -0.2) is 0 Å². The molecule has 110 valence electrons. The summed E-state index contributed by atoms with van der Waals surface area (Å²) in [6, 6.07) is 15.9. The van der Waals surface area contributed by atoms with Crippen molar-refractivity contribution in [3.63, 3.8) is 0 Å². The van der Waals surface area contributed by atoms with Gasteiger partial charge in [0, 0.05) is 5.56 Å². The SMILES string of the molecule is CCOc1ccc(-c2nnco2)c(C=Cc2ccccc2)c1. The molecule has 0 amide bonds. The lowest BCUT2D eigenvalue weighted by Gasteiger charge is -2.07. The smallest absolute Gasteiger partial charge is 0.248 e. The van der Waals surface area contributed by atoms with E-state index in [2.05, 4.69) is 22.3 Å². The van der Waals surface area contributed by atoms with Crippen molar-refractivity contribution in [3.8, 4) is 17.2 Å². The second kappa shape index (κ2) is 6.72. The van der Waals surface area contributed by atoms with E-state index in [1.54, 1.807) is 0 Å². The number of aromatic nitrogens is 2. The van der Waals surface area contributed by atoms with E-state index in [-0.39, 0.29) is 0 Å². The largest absolute Gasteiger partial charge is 0.494 e. The van der Waals surface area contributed by atoms with Gasteiger partial charge in [0.1, 0.15) is 5.75 Å². The van der Waals surface area contributed by atoms with Crippen molar-refractivity contribution in [1.82, 2.24) is 10.2 Å². The summed E-state index contributed by atoms with van der Waals surface area (Å²) in [7, 11) is 0. The summed E-state index contributed by atoms with van der Waals surface area (Å²) < 4.78 is 10.9. The Morgan fingerprint density at radius 3 is 2.68 bits per heavy atom. The molecule has 0 atom stereocenters. The lowest BCUT2D eigenvalue weighted by molar-refractivity contribution is 0.340. The van der Waals surface area contributed by atoms with Gasteiger partial charge in [-0.05, 0) is 36.2 Å². The zero-order valence-electron chi connectivity index (χ0n) is 12.3. The van der Waals surface area contributed by atoms with E-state index < -0.39 is 0 Å². The van der Waals surface area contributed by atoms with Gasteiger partial charge in [-0.15, -0.1) is 10.2 Å². The van der Waals surface area contributed by atoms with E-state index in [4.69, 9.17) is 9.15 Å². The molecule has 0 aliphatic carbocycles. The van der Waals surface area contributed by atoms with Gasteiger partial charge in [0.05, 0.1) is 6.61 Å². The number of benzene rings is 2. The van der Waals surface area contributed by atoms with E-state index in [9.17, 15) is 0 Å². The van der Waals surface area contributed by atoms with Crippen molar-refractivity contribution in [2.75, 3.05) is 6.61 Å². The number of hydrogen-bond donors (Lipinski definition) is 0. The summed E-state index contributed by atoms with van der Waals surface area (Å²) in [4.78, 5) is 0. The van der Waals surface area contributed by atoms with Gasteiger partial charge in [0.25, 0.3) is 0 Å². The van der Waals surface area contributed by atoms with Crippen molar-refractivity contribution in [2.24, 2.45) is 0 Å². The van der Waals surface area contributed by atoms with Crippen LogP contribution < -0.4 is 4.74 Å². The molecule has 1 aromatic heterocycles. The normalized spacial score (nSPS) is 11.0. The third-order valence-electron chi connectivity index (χ3n) is 3.18. The van der Waals surface area contributed by atoms with E-state index in [1.807, 2.05) is 55.5 Å². The summed E-state index contributed by atoms with van der Waals surface area (Å²) in [5.74, 6) is 1.31. The molecule has 2 aromatic carbocycles. The molecule has 0 saturated heterocycles. The molecule has 22 heavy (non-hydrogen) atoms. The summed E-state index contributed by atoms with van der Waals surface area (Å²) in [6.07, 6.45) is 5.40. The van der Waals surface area contributed by atoms with Crippen LogP contribution in [0.2, 0.25) is 0 Å². The average molecular weight is 292 g/mol. The first-order chi connectivity index (χ1) is 10.9. The zero-order chi connectivity index (χ0) is 15.2. The number of rotatable bonds is 5. The maximum atomic E-state index is 5.57. The summed E-state index contributed by atoms with van der Waals surface area (Å²) in [5.41, 5.74) is 2.98. The fraction of sp³-hybridized carbons (Fsp3) is 0.111. The summed E-state index contributed by atoms with van der Waals surface area (Å²) in [5, 5.41) is 7.73. The first kappa shape index (κ1) is 14.1. The molecule has 0 unspecified atom stereocenters. The van der Waals surface area contributed by atoms with Gasteiger partial charge in [-0.3, -0.25) is 0 Å². The maximum Gasteiger partial charge on any atom is 0.248 e. The predicted octanol–water partition coefficient (Wildman–Crippen LogP) is 4.31. The van der Waals surface area contributed by atoms with Gasteiger partial charge in [0.2, 0.25) is 12.3 Å². The molecular formula is C18H16N2O2. The number of ether oxygens (including phenoxy) is 1. The monoisotopic (exact) mass is 292 g/mol. The van der Waals surface area contributed by atoms with Crippen LogP contribution in [-0.2, 0) is 0 Å². The Labute approximate surface area is 129 Å². The van der Waals surface area contributed by atoms with Crippen molar-refractivity contribution in [3.05, 3.63) is 66.1 Å². The highest BCUT2D eigenvalue weighted by molar-refractivity contribution is 5.78. The molecule has 0 spiro atoms. The molecule has 0 bridgehead atoms. The molecule has 4 heteroatoms. The summed E-state index contributed by atoms with van der Waals surface area (Å²) in [6.45, 7) is 2.59. The van der Waals surface area contributed by atoms with Crippen LogP contribution in [-0.4, -0.2) is 16.8 Å². The molecule has 0 N–H and O–H groups in total. The minimum atomic E-state index is 0.496. The lowest BCUT2D eigenvalue weighted by Crippen LogP contribution is -1.93. The van der Waals surface area contributed by atoms with Gasteiger partial charge in [-0.1, -0.05) is 42.5 Å². The van der Waals surface area contributed by atoms with Crippen LogP contribution >= 0.6 is 0 Å².